The first-order chi connectivity index (χ1) is 9.85. The van der Waals surface area contributed by atoms with E-state index >= 15 is 0 Å². The molecule has 0 unspecified atom stereocenters. The van der Waals surface area contributed by atoms with Gasteiger partial charge in [-0.15, -0.1) is 15.3 Å². The normalized spacial score (nSPS) is 11.2. The molecule has 20 heavy (non-hydrogen) atoms. The van der Waals surface area contributed by atoms with Crippen LogP contribution in [-0.2, 0) is 6.42 Å². The number of hydrogen-bond donors (Lipinski definition) is 1. The topological polar surface area (TPSA) is 67.5 Å². The summed E-state index contributed by atoms with van der Waals surface area (Å²) in [5.41, 5.74) is 5.95. The van der Waals surface area contributed by atoms with E-state index in [-0.39, 0.29) is 0 Å². The molecule has 3 rings (SSSR count). The number of hydrogen-bond acceptors (Lipinski definition) is 5. The summed E-state index contributed by atoms with van der Waals surface area (Å²) in [7, 11) is 0. The fourth-order valence-electron chi connectivity index (χ4n) is 1.80. The molecule has 0 amide bonds. The third-order valence-corrected chi connectivity index (χ3v) is 2.94. The Kier molecular flexibility index (Phi) is 3.36. The predicted molar refractivity (Wildman–Crippen MR) is 77.8 cm³/mol. The van der Waals surface area contributed by atoms with Crippen molar-refractivity contribution in [3.8, 4) is 0 Å². The van der Waals surface area contributed by atoms with E-state index in [1.165, 1.54) is 5.56 Å². The van der Waals surface area contributed by atoms with Gasteiger partial charge in [0.05, 0.1) is 6.21 Å². The lowest BCUT2D eigenvalue weighted by atomic mass is 10.1. The summed E-state index contributed by atoms with van der Waals surface area (Å²) < 4.78 is 1.59. The van der Waals surface area contributed by atoms with Crippen LogP contribution in [0.2, 0.25) is 0 Å². The van der Waals surface area contributed by atoms with Crippen LogP contribution in [0.4, 0.5) is 5.82 Å². The summed E-state index contributed by atoms with van der Waals surface area (Å²) in [6.07, 6.45) is 4.35. The highest BCUT2D eigenvalue weighted by Gasteiger charge is 1.97. The molecule has 0 radical (unpaired) electrons. The molecule has 0 saturated heterocycles. The van der Waals surface area contributed by atoms with E-state index in [0.29, 0.717) is 11.5 Å². The number of aryl methyl sites for hydroxylation is 1. The third kappa shape index (κ3) is 2.64. The molecular weight excluding hydrogens is 252 g/mol. The van der Waals surface area contributed by atoms with Crippen LogP contribution in [-0.4, -0.2) is 26.0 Å². The summed E-state index contributed by atoms with van der Waals surface area (Å²) in [5.74, 6) is 0.638. The number of hydrazone groups is 1. The lowest BCUT2D eigenvalue weighted by molar-refractivity contribution is 0.925. The van der Waals surface area contributed by atoms with E-state index in [4.69, 9.17) is 0 Å². The molecule has 6 nitrogen and oxygen atoms in total. The number of anilines is 1. The van der Waals surface area contributed by atoms with Gasteiger partial charge < -0.3 is 0 Å². The Morgan fingerprint density at radius 1 is 1.20 bits per heavy atom. The zero-order valence-corrected chi connectivity index (χ0v) is 11.1. The molecule has 0 bridgehead atoms. The first-order valence-electron chi connectivity index (χ1n) is 6.40. The van der Waals surface area contributed by atoms with Crippen LogP contribution >= 0.6 is 0 Å². The van der Waals surface area contributed by atoms with Crippen LogP contribution in [0, 0.1) is 0 Å². The van der Waals surface area contributed by atoms with Crippen molar-refractivity contribution in [3.63, 3.8) is 0 Å². The Labute approximate surface area is 116 Å². The predicted octanol–water partition coefficient (Wildman–Crippen LogP) is 2.13. The van der Waals surface area contributed by atoms with E-state index in [1.807, 2.05) is 24.3 Å². The molecule has 3 aromatic rings. The highest BCUT2D eigenvalue weighted by atomic mass is 15.4. The Morgan fingerprint density at radius 3 is 2.85 bits per heavy atom. The minimum Gasteiger partial charge on any atom is -0.260 e. The zero-order chi connectivity index (χ0) is 13.8. The van der Waals surface area contributed by atoms with Crippen molar-refractivity contribution in [2.45, 2.75) is 13.3 Å². The number of nitrogens with one attached hydrogen (secondary N) is 1. The minimum absolute atomic E-state index is 0.638. The maximum absolute atomic E-state index is 4.26. The molecule has 6 heteroatoms. The van der Waals surface area contributed by atoms with Crippen LogP contribution in [0.15, 0.2) is 47.8 Å². The molecule has 0 aliphatic rings. The molecule has 0 atom stereocenters. The monoisotopic (exact) mass is 266 g/mol. The Balaban J connectivity index is 1.69. The molecule has 0 aliphatic carbocycles. The van der Waals surface area contributed by atoms with Gasteiger partial charge in [-0.2, -0.15) is 9.62 Å². The van der Waals surface area contributed by atoms with E-state index in [0.717, 1.165) is 12.0 Å². The van der Waals surface area contributed by atoms with Gasteiger partial charge in [-0.3, -0.25) is 5.43 Å². The summed E-state index contributed by atoms with van der Waals surface area (Å²) in [4.78, 5) is 0. The molecule has 1 aromatic carbocycles. The van der Waals surface area contributed by atoms with Crippen LogP contribution in [0.25, 0.3) is 5.65 Å². The minimum atomic E-state index is 0.638. The van der Waals surface area contributed by atoms with Crippen molar-refractivity contribution in [2.24, 2.45) is 5.10 Å². The van der Waals surface area contributed by atoms with Crippen LogP contribution < -0.4 is 5.43 Å². The highest BCUT2D eigenvalue weighted by molar-refractivity contribution is 5.80. The van der Waals surface area contributed by atoms with Crippen molar-refractivity contribution in [1.82, 2.24) is 19.8 Å². The number of nitrogens with zero attached hydrogens (tertiary/aromatic N) is 5. The molecule has 2 heterocycles. The average molecular weight is 266 g/mol. The SMILES string of the molecule is CCc1ccc(/C=N\Nc2ccc3nncn3n2)cc1. The van der Waals surface area contributed by atoms with Gasteiger partial charge in [0.15, 0.2) is 11.5 Å². The molecule has 2 aromatic heterocycles. The van der Waals surface area contributed by atoms with Gasteiger partial charge in [0.2, 0.25) is 0 Å². The van der Waals surface area contributed by atoms with Gasteiger partial charge in [0, 0.05) is 0 Å². The van der Waals surface area contributed by atoms with Crippen molar-refractivity contribution >= 4 is 17.7 Å². The lowest BCUT2D eigenvalue weighted by Gasteiger charge is -2.00. The number of benzene rings is 1. The van der Waals surface area contributed by atoms with Gasteiger partial charge in [0.25, 0.3) is 0 Å². The molecule has 0 aliphatic heterocycles. The quantitative estimate of drug-likeness (QED) is 0.580. The number of fused-ring (bicyclic) bond motifs is 1. The van der Waals surface area contributed by atoms with Crippen LogP contribution in [0.1, 0.15) is 18.1 Å². The average Bonchev–Trinajstić information content (AvgIpc) is 2.95. The Hall–Kier alpha value is -2.76. The van der Waals surface area contributed by atoms with Crippen LogP contribution in [0.3, 0.4) is 0 Å². The number of aromatic nitrogens is 4. The van der Waals surface area contributed by atoms with Gasteiger partial charge >= 0.3 is 0 Å². The Morgan fingerprint density at radius 2 is 2.05 bits per heavy atom. The number of rotatable bonds is 4. The summed E-state index contributed by atoms with van der Waals surface area (Å²) >= 11 is 0. The zero-order valence-electron chi connectivity index (χ0n) is 11.1. The van der Waals surface area contributed by atoms with Gasteiger partial charge in [-0.1, -0.05) is 31.2 Å². The second kappa shape index (κ2) is 5.48. The maximum Gasteiger partial charge on any atom is 0.177 e. The first kappa shape index (κ1) is 12.3. The molecular formula is C14H14N6. The van der Waals surface area contributed by atoms with Crippen molar-refractivity contribution in [1.29, 1.82) is 0 Å². The Bertz CT molecular complexity index is 729. The lowest BCUT2D eigenvalue weighted by Crippen LogP contribution is -1.98. The van der Waals surface area contributed by atoms with E-state index in [9.17, 15) is 0 Å². The van der Waals surface area contributed by atoms with Gasteiger partial charge in [-0.25, -0.2) is 0 Å². The summed E-state index contributed by atoms with van der Waals surface area (Å²) in [6.45, 7) is 2.14. The fourth-order valence-corrected chi connectivity index (χ4v) is 1.80. The largest absolute Gasteiger partial charge is 0.260 e. The van der Waals surface area contributed by atoms with E-state index < -0.39 is 0 Å². The highest BCUT2D eigenvalue weighted by Crippen LogP contribution is 2.05. The summed E-state index contributed by atoms with van der Waals surface area (Å²) in [6, 6.07) is 11.9. The van der Waals surface area contributed by atoms with Gasteiger partial charge in [-0.05, 0) is 29.7 Å². The smallest absolute Gasteiger partial charge is 0.177 e. The van der Waals surface area contributed by atoms with Crippen molar-refractivity contribution in [2.75, 3.05) is 5.43 Å². The van der Waals surface area contributed by atoms with Crippen molar-refractivity contribution in [3.05, 3.63) is 53.9 Å². The van der Waals surface area contributed by atoms with E-state index in [1.54, 1.807) is 17.1 Å². The molecule has 1 N–H and O–H groups in total. The fraction of sp³-hybridized carbons (Fsp3) is 0.143. The molecule has 0 fully saturated rings. The maximum atomic E-state index is 4.26. The van der Waals surface area contributed by atoms with Crippen LogP contribution in [0.5, 0.6) is 0 Å². The van der Waals surface area contributed by atoms with Crippen molar-refractivity contribution < 1.29 is 0 Å². The molecule has 100 valence electrons. The van der Waals surface area contributed by atoms with Gasteiger partial charge in [0.1, 0.15) is 6.33 Å². The third-order valence-electron chi connectivity index (χ3n) is 2.94. The van der Waals surface area contributed by atoms with E-state index in [2.05, 4.69) is 44.9 Å². The molecule has 0 saturated carbocycles. The second-order valence-electron chi connectivity index (χ2n) is 4.32. The second-order valence-corrected chi connectivity index (χ2v) is 4.32. The first-order valence-corrected chi connectivity index (χ1v) is 6.40. The molecule has 0 spiro atoms. The summed E-state index contributed by atoms with van der Waals surface area (Å²) in [5, 5.41) is 16.1. The standard InChI is InChI=1S/C14H14N6/c1-2-11-3-5-12(6-4-11)9-15-17-13-7-8-14-18-16-10-20(14)19-13/h3-10H,2H2,1H3,(H,17,19)/b15-9-.